The van der Waals surface area contributed by atoms with Crippen LogP contribution in [0.4, 0.5) is 0 Å². The van der Waals surface area contributed by atoms with Crippen LogP contribution in [0.15, 0.2) is 17.4 Å². The molecule has 1 fully saturated rings. The Kier molecular flexibility index (Phi) is 2.18. The number of nitrogens with zero attached hydrogens (tertiary/aromatic N) is 4. The Morgan fingerprint density at radius 2 is 2.35 bits per heavy atom. The molecule has 17 heavy (non-hydrogen) atoms. The smallest absolute Gasteiger partial charge is 0.278 e. The van der Waals surface area contributed by atoms with Gasteiger partial charge in [0.05, 0.1) is 18.7 Å². The number of nitrogens with one attached hydrogen (secondary N) is 1. The van der Waals surface area contributed by atoms with Gasteiger partial charge < -0.3 is 9.55 Å². The van der Waals surface area contributed by atoms with Crippen molar-refractivity contribution in [3.05, 3.63) is 23.0 Å². The van der Waals surface area contributed by atoms with Crippen molar-refractivity contribution in [1.29, 1.82) is 5.26 Å². The summed E-state index contributed by atoms with van der Waals surface area (Å²) in [5, 5.41) is 8.89. The Hall–Kier alpha value is -2.16. The maximum absolute atomic E-state index is 11.5. The van der Waals surface area contributed by atoms with Crippen molar-refractivity contribution in [3.8, 4) is 6.07 Å². The molecule has 0 radical (unpaired) electrons. The molecule has 86 valence electrons. The van der Waals surface area contributed by atoms with Gasteiger partial charge in [0.2, 0.25) is 0 Å². The van der Waals surface area contributed by atoms with Crippen LogP contribution in [0.25, 0.3) is 11.2 Å². The van der Waals surface area contributed by atoms with Crippen LogP contribution in [-0.4, -0.2) is 19.5 Å². The predicted molar refractivity (Wildman–Crippen MR) is 60.1 cm³/mol. The molecular formula is C11H11N5O. The normalized spacial score (nSPS) is 23.9. The Morgan fingerprint density at radius 1 is 1.47 bits per heavy atom. The highest BCUT2D eigenvalue weighted by molar-refractivity contribution is 5.68. The Balaban J connectivity index is 2.05. The number of aromatic amines is 1. The molecule has 2 aromatic heterocycles. The standard InChI is InChI=1S/C11H11N5O/c12-4-7-1-2-8(3-7)16-6-15-9-10(16)13-5-14-11(9)17/h5-8H,1-3H2,(H,13,14,17)/t7-,8-/m1/s1. The van der Waals surface area contributed by atoms with Gasteiger partial charge in [-0.25, -0.2) is 9.97 Å². The first-order chi connectivity index (χ1) is 8.29. The molecule has 6 heteroatoms. The lowest BCUT2D eigenvalue weighted by Crippen LogP contribution is -2.09. The van der Waals surface area contributed by atoms with Crippen LogP contribution < -0.4 is 5.56 Å². The molecule has 2 heterocycles. The van der Waals surface area contributed by atoms with Crippen LogP contribution >= 0.6 is 0 Å². The topological polar surface area (TPSA) is 87.4 Å². The number of hydrogen-bond donors (Lipinski definition) is 1. The van der Waals surface area contributed by atoms with Gasteiger partial charge in [0.25, 0.3) is 5.56 Å². The van der Waals surface area contributed by atoms with E-state index in [0.717, 1.165) is 19.3 Å². The quantitative estimate of drug-likeness (QED) is 0.789. The minimum absolute atomic E-state index is 0.111. The highest BCUT2D eigenvalue weighted by Crippen LogP contribution is 2.34. The first kappa shape index (κ1) is 10.0. The molecule has 1 aliphatic rings. The van der Waals surface area contributed by atoms with Gasteiger partial charge in [-0.2, -0.15) is 5.26 Å². The molecular weight excluding hydrogens is 218 g/mol. The van der Waals surface area contributed by atoms with Crippen molar-refractivity contribution < 1.29 is 0 Å². The minimum atomic E-state index is -0.219. The van der Waals surface area contributed by atoms with E-state index in [0.29, 0.717) is 11.2 Å². The summed E-state index contributed by atoms with van der Waals surface area (Å²) in [6, 6.07) is 2.53. The maximum Gasteiger partial charge on any atom is 0.278 e. The van der Waals surface area contributed by atoms with Gasteiger partial charge in [-0.05, 0) is 19.3 Å². The molecule has 2 atom stereocenters. The second kappa shape index (κ2) is 3.70. The summed E-state index contributed by atoms with van der Waals surface area (Å²) >= 11 is 0. The molecule has 0 aliphatic heterocycles. The van der Waals surface area contributed by atoms with Gasteiger partial charge in [0.15, 0.2) is 11.2 Å². The van der Waals surface area contributed by atoms with Gasteiger partial charge >= 0.3 is 0 Å². The number of rotatable bonds is 1. The summed E-state index contributed by atoms with van der Waals surface area (Å²) in [5.74, 6) is 0.111. The Morgan fingerprint density at radius 3 is 3.12 bits per heavy atom. The van der Waals surface area contributed by atoms with Crippen LogP contribution in [0.5, 0.6) is 0 Å². The van der Waals surface area contributed by atoms with Gasteiger partial charge in [0, 0.05) is 12.0 Å². The van der Waals surface area contributed by atoms with Crippen LogP contribution in [0.1, 0.15) is 25.3 Å². The lowest BCUT2D eigenvalue weighted by molar-refractivity contribution is 0.517. The van der Waals surface area contributed by atoms with E-state index in [9.17, 15) is 4.79 Å². The number of imidazole rings is 1. The van der Waals surface area contributed by atoms with E-state index in [1.165, 1.54) is 6.33 Å². The van der Waals surface area contributed by atoms with E-state index < -0.39 is 0 Å². The summed E-state index contributed by atoms with van der Waals surface area (Å²) in [7, 11) is 0. The van der Waals surface area contributed by atoms with E-state index in [1.807, 2.05) is 4.57 Å². The van der Waals surface area contributed by atoms with Crippen LogP contribution in [0.3, 0.4) is 0 Å². The number of hydrogen-bond acceptors (Lipinski definition) is 4. The first-order valence-electron chi connectivity index (χ1n) is 5.59. The van der Waals surface area contributed by atoms with Crippen molar-refractivity contribution >= 4 is 11.2 Å². The molecule has 0 unspecified atom stereocenters. The number of nitriles is 1. The average molecular weight is 229 g/mol. The van der Waals surface area contributed by atoms with Gasteiger partial charge in [-0.3, -0.25) is 4.79 Å². The molecule has 1 aliphatic carbocycles. The third-order valence-electron chi connectivity index (χ3n) is 3.35. The summed E-state index contributed by atoms with van der Waals surface area (Å²) in [6.07, 6.45) is 5.70. The van der Waals surface area contributed by atoms with E-state index in [-0.39, 0.29) is 17.5 Å². The fourth-order valence-corrected chi connectivity index (χ4v) is 2.46. The van der Waals surface area contributed by atoms with Crippen LogP contribution in [0, 0.1) is 17.2 Å². The van der Waals surface area contributed by atoms with E-state index in [2.05, 4.69) is 21.0 Å². The van der Waals surface area contributed by atoms with E-state index >= 15 is 0 Å². The average Bonchev–Trinajstić information content (AvgIpc) is 2.94. The van der Waals surface area contributed by atoms with Crippen molar-refractivity contribution in [2.75, 3.05) is 0 Å². The molecule has 0 amide bonds. The summed E-state index contributed by atoms with van der Waals surface area (Å²) in [4.78, 5) is 22.3. The van der Waals surface area contributed by atoms with Crippen LogP contribution in [0.2, 0.25) is 0 Å². The molecule has 0 saturated heterocycles. The molecule has 0 aromatic carbocycles. The monoisotopic (exact) mass is 229 g/mol. The lowest BCUT2D eigenvalue weighted by Gasteiger charge is -2.10. The van der Waals surface area contributed by atoms with E-state index in [1.54, 1.807) is 6.33 Å². The predicted octanol–water partition coefficient (Wildman–Crippen LogP) is 0.984. The molecule has 3 rings (SSSR count). The Labute approximate surface area is 96.9 Å². The first-order valence-corrected chi connectivity index (χ1v) is 5.59. The van der Waals surface area contributed by atoms with E-state index in [4.69, 9.17) is 5.26 Å². The molecule has 0 spiro atoms. The third kappa shape index (κ3) is 1.51. The zero-order valence-corrected chi connectivity index (χ0v) is 9.13. The zero-order chi connectivity index (χ0) is 11.8. The fourth-order valence-electron chi connectivity index (χ4n) is 2.46. The number of aromatic nitrogens is 4. The van der Waals surface area contributed by atoms with Gasteiger partial charge in [0.1, 0.15) is 0 Å². The summed E-state index contributed by atoms with van der Waals surface area (Å²) < 4.78 is 1.92. The molecule has 1 N–H and O–H groups in total. The third-order valence-corrected chi connectivity index (χ3v) is 3.35. The summed E-state index contributed by atoms with van der Waals surface area (Å²) in [6.45, 7) is 0. The van der Waals surface area contributed by atoms with Crippen molar-refractivity contribution in [3.63, 3.8) is 0 Å². The molecule has 0 bridgehead atoms. The van der Waals surface area contributed by atoms with Crippen molar-refractivity contribution in [2.45, 2.75) is 25.3 Å². The van der Waals surface area contributed by atoms with Crippen molar-refractivity contribution in [2.24, 2.45) is 5.92 Å². The minimum Gasteiger partial charge on any atom is -0.312 e. The second-order valence-electron chi connectivity index (χ2n) is 4.35. The largest absolute Gasteiger partial charge is 0.312 e. The second-order valence-corrected chi connectivity index (χ2v) is 4.35. The lowest BCUT2D eigenvalue weighted by atomic mass is 10.1. The molecule has 6 nitrogen and oxygen atoms in total. The maximum atomic E-state index is 11.5. The van der Waals surface area contributed by atoms with Crippen LogP contribution in [-0.2, 0) is 0 Å². The zero-order valence-electron chi connectivity index (χ0n) is 9.13. The number of fused-ring (bicyclic) bond motifs is 1. The van der Waals surface area contributed by atoms with Crippen molar-refractivity contribution in [1.82, 2.24) is 19.5 Å². The fraction of sp³-hybridized carbons (Fsp3) is 0.455. The molecule has 1 saturated carbocycles. The van der Waals surface area contributed by atoms with Gasteiger partial charge in [-0.1, -0.05) is 0 Å². The highest BCUT2D eigenvalue weighted by atomic mass is 16.1. The SMILES string of the molecule is N#C[C@@H]1CC[C@@H](n2cnc3c(=O)[nH]cnc32)C1. The number of H-pyrrole nitrogens is 1. The van der Waals surface area contributed by atoms with Gasteiger partial charge in [-0.15, -0.1) is 0 Å². The highest BCUT2D eigenvalue weighted by Gasteiger charge is 2.27. The summed E-state index contributed by atoms with van der Waals surface area (Å²) in [5.41, 5.74) is 0.758. The Bertz CT molecular complexity index is 650. The molecule has 2 aromatic rings.